The second kappa shape index (κ2) is 7.40. The van der Waals surface area contributed by atoms with Crippen LogP contribution in [0.25, 0.3) is 11.3 Å². The van der Waals surface area contributed by atoms with E-state index in [0.29, 0.717) is 12.6 Å². The molecule has 25 heavy (non-hydrogen) atoms. The second-order valence-corrected chi connectivity index (χ2v) is 7.28. The van der Waals surface area contributed by atoms with E-state index in [1.165, 1.54) is 16.8 Å². The molecule has 5 heteroatoms. The molecule has 0 saturated heterocycles. The number of nitrogens with zero attached hydrogens (tertiary/aromatic N) is 3. The molecule has 1 aromatic carbocycles. The number of fused-ring (bicyclic) bond motifs is 1. The van der Waals surface area contributed by atoms with Gasteiger partial charge in [-0.15, -0.1) is 0 Å². The average Bonchev–Trinajstić information content (AvgIpc) is 2.86. The first-order chi connectivity index (χ1) is 12.0. The van der Waals surface area contributed by atoms with Gasteiger partial charge in [-0.05, 0) is 34.2 Å². The van der Waals surface area contributed by atoms with E-state index in [0.717, 1.165) is 37.2 Å². The van der Waals surface area contributed by atoms with E-state index in [2.05, 4.69) is 60.1 Å². The molecule has 0 saturated carbocycles. The minimum Gasteiger partial charge on any atom is -0.341 e. The molecule has 0 unspecified atom stereocenters. The molecule has 5 nitrogen and oxygen atoms in total. The third-order valence-corrected chi connectivity index (χ3v) is 5.16. The van der Waals surface area contributed by atoms with Crippen molar-refractivity contribution >= 4 is 5.91 Å². The van der Waals surface area contributed by atoms with Gasteiger partial charge in [0.2, 0.25) is 5.91 Å². The molecule has 0 fully saturated rings. The molecule has 3 rings (SSSR count). The molecule has 2 heterocycles. The minimum atomic E-state index is 0.214. The topological polar surface area (TPSA) is 52.2 Å². The van der Waals surface area contributed by atoms with Crippen LogP contribution in [0.1, 0.15) is 30.7 Å². The zero-order valence-electron chi connectivity index (χ0n) is 15.7. The molecule has 1 amide bonds. The molecule has 0 bridgehead atoms. The fourth-order valence-corrected chi connectivity index (χ4v) is 3.18. The van der Waals surface area contributed by atoms with E-state index in [1.54, 1.807) is 0 Å². The summed E-state index contributed by atoms with van der Waals surface area (Å²) in [5.41, 5.74) is 5.85. The fraction of sp³-hybridized carbons (Fsp3) is 0.500. The van der Waals surface area contributed by atoms with E-state index in [4.69, 9.17) is 0 Å². The van der Waals surface area contributed by atoms with Gasteiger partial charge in [-0.2, -0.15) is 5.10 Å². The number of hydrogen-bond donors (Lipinski definition) is 1. The lowest BCUT2D eigenvalue weighted by atomic mass is 10.0. The van der Waals surface area contributed by atoms with Crippen LogP contribution >= 0.6 is 0 Å². The summed E-state index contributed by atoms with van der Waals surface area (Å²) in [6.45, 7) is 8.31. The van der Waals surface area contributed by atoms with Gasteiger partial charge in [-0.3, -0.25) is 14.8 Å². The van der Waals surface area contributed by atoms with Crippen LogP contribution in [0, 0.1) is 6.92 Å². The summed E-state index contributed by atoms with van der Waals surface area (Å²) >= 11 is 0. The molecular weight excluding hydrogens is 312 g/mol. The van der Waals surface area contributed by atoms with Crippen molar-refractivity contribution < 1.29 is 4.79 Å². The van der Waals surface area contributed by atoms with Gasteiger partial charge in [-0.25, -0.2) is 0 Å². The van der Waals surface area contributed by atoms with Crippen LogP contribution in [0.3, 0.4) is 0 Å². The Labute approximate surface area is 150 Å². The highest BCUT2D eigenvalue weighted by molar-refractivity contribution is 5.78. The van der Waals surface area contributed by atoms with Crippen LogP contribution in [0.15, 0.2) is 24.3 Å². The van der Waals surface area contributed by atoms with E-state index in [-0.39, 0.29) is 5.91 Å². The van der Waals surface area contributed by atoms with Crippen molar-refractivity contribution in [2.24, 2.45) is 0 Å². The highest BCUT2D eigenvalue weighted by Crippen LogP contribution is 2.27. The molecule has 0 radical (unpaired) electrons. The van der Waals surface area contributed by atoms with Crippen molar-refractivity contribution in [2.75, 3.05) is 26.7 Å². The minimum absolute atomic E-state index is 0.214. The van der Waals surface area contributed by atoms with E-state index in [9.17, 15) is 4.79 Å². The second-order valence-electron chi connectivity index (χ2n) is 7.28. The molecule has 0 spiro atoms. The predicted molar refractivity (Wildman–Crippen MR) is 101 cm³/mol. The monoisotopic (exact) mass is 340 g/mol. The number of amides is 1. The summed E-state index contributed by atoms with van der Waals surface area (Å²) in [6.07, 6.45) is 1.69. The normalized spacial score (nSPS) is 14.7. The first-order valence-corrected chi connectivity index (χ1v) is 9.07. The van der Waals surface area contributed by atoms with Gasteiger partial charge in [0.1, 0.15) is 0 Å². The molecule has 1 aliphatic heterocycles. The third-order valence-electron chi connectivity index (χ3n) is 5.16. The first kappa shape index (κ1) is 17.7. The summed E-state index contributed by atoms with van der Waals surface area (Å²) in [5.74, 6) is 0.214. The number of hydrogen-bond acceptors (Lipinski definition) is 3. The van der Waals surface area contributed by atoms with Crippen molar-refractivity contribution in [3.8, 4) is 11.3 Å². The van der Waals surface area contributed by atoms with Crippen molar-refractivity contribution in [3.05, 3.63) is 41.1 Å². The van der Waals surface area contributed by atoms with E-state index >= 15 is 0 Å². The lowest BCUT2D eigenvalue weighted by Gasteiger charge is -2.26. The Balaban J connectivity index is 1.73. The number of H-pyrrole nitrogens is 1. The van der Waals surface area contributed by atoms with Crippen LogP contribution in [-0.2, 0) is 17.6 Å². The number of aromatic nitrogens is 2. The standard InChI is InChI=1S/C20H28N4O/c1-14(2)23(4)13-19(25)24-11-9-17-18(10-12-24)21-22-20(17)16-7-5-15(3)6-8-16/h5-8,14H,9-13H2,1-4H3,(H,21,22). The predicted octanol–water partition coefficient (Wildman–Crippen LogP) is 2.65. The molecule has 0 aliphatic carbocycles. The van der Waals surface area contributed by atoms with Crippen LogP contribution in [0.5, 0.6) is 0 Å². The maximum Gasteiger partial charge on any atom is 0.236 e. The number of aromatic amines is 1. The lowest BCUT2D eigenvalue weighted by molar-refractivity contribution is -0.132. The highest BCUT2D eigenvalue weighted by atomic mass is 16.2. The molecule has 0 atom stereocenters. The number of likely N-dealkylation sites (N-methyl/N-ethyl adjacent to an activating group) is 1. The SMILES string of the molecule is Cc1ccc(-c2n[nH]c3c2CCN(C(=O)CN(C)C(C)C)CC3)cc1. The largest absolute Gasteiger partial charge is 0.341 e. The van der Waals surface area contributed by atoms with Crippen molar-refractivity contribution in [3.63, 3.8) is 0 Å². The van der Waals surface area contributed by atoms with Crippen LogP contribution in [0.4, 0.5) is 0 Å². The van der Waals surface area contributed by atoms with E-state index in [1.807, 2.05) is 11.9 Å². The Morgan fingerprint density at radius 3 is 2.60 bits per heavy atom. The quantitative estimate of drug-likeness (QED) is 0.931. The molecule has 1 aromatic heterocycles. The lowest BCUT2D eigenvalue weighted by Crippen LogP contribution is -2.42. The highest BCUT2D eigenvalue weighted by Gasteiger charge is 2.23. The summed E-state index contributed by atoms with van der Waals surface area (Å²) in [4.78, 5) is 16.7. The van der Waals surface area contributed by atoms with Crippen molar-refractivity contribution in [2.45, 2.75) is 39.7 Å². The van der Waals surface area contributed by atoms with Gasteiger partial charge in [-0.1, -0.05) is 29.8 Å². The Bertz CT molecular complexity index is 733. The Morgan fingerprint density at radius 2 is 1.92 bits per heavy atom. The smallest absolute Gasteiger partial charge is 0.236 e. The van der Waals surface area contributed by atoms with Gasteiger partial charge in [0, 0.05) is 42.4 Å². The van der Waals surface area contributed by atoms with Gasteiger partial charge >= 0.3 is 0 Å². The number of carbonyl (C=O) groups is 1. The molecule has 1 N–H and O–H groups in total. The third kappa shape index (κ3) is 3.93. The average molecular weight is 340 g/mol. The summed E-state index contributed by atoms with van der Waals surface area (Å²) in [6, 6.07) is 8.85. The van der Waals surface area contributed by atoms with Gasteiger partial charge in [0.15, 0.2) is 0 Å². The fourth-order valence-electron chi connectivity index (χ4n) is 3.18. The summed E-state index contributed by atoms with van der Waals surface area (Å²) in [5, 5.41) is 7.74. The van der Waals surface area contributed by atoms with Crippen LogP contribution in [-0.4, -0.2) is 58.6 Å². The van der Waals surface area contributed by atoms with Gasteiger partial charge < -0.3 is 4.90 Å². The molecular formula is C20H28N4O. The number of aryl methyl sites for hydroxylation is 1. The Hall–Kier alpha value is -2.14. The van der Waals surface area contributed by atoms with Gasteiger partial charge in [0.25, 0.3) is 0 Å². The van der Waals surface area contributed by atoms with Gasteiger partial charge in [0.05, 0.1) is 12.2 Å². The van der Waals surface area contributed by atoms with Crippen LogP contribution < -0.4 is 0 Å². The Kier molecular flexibility index (Phi) is 5.23. The number of benzene rings is 1. The number of carbonyl (C=O) groups excluding carboxylic acids is 1. The van der Waals surface area contributed by atoms with E-state index < -0.39 is 0 Å². The van der Waals surface area contributed by atoms with Crippen LogP contribution in [0.2, 0.25) is 0 Å². The zero-order valence-corrected chi connectivity index (χ0v) is 15.7. The summed E-state index contributed by atoms with van der Waals surface area (Å²) in [7, 11) is 2.00. The molecule has 1 aliphatic rings. The number of nitrogens with one attached hydrogen (secondary N) is 1. The van der Waals surface area contributed by atoms with Crippen molar-refractivity contribution in [1.82, 2.24) is 20.0 Å². The first-order valence-electron chi connectivity index (χ1n) is 9.07. The molecule has 2 aromatic rings. The number of rotatable bonds is 4. The zero-order chi connectivity index (χ0) is 18.0. The Morgan fingerprint density at radius 1 is 1.24 bits per heavy atom. The molecule has 134 valence electrons. The maximum absolute atomic E-state index is 12.6. The van der Waals surface area contributed by atoms with Crippen molar-refractivity contribution in [1.29, 1.82) is 0 Å². The summed E-state index contributed by atoms with van der Waals surface area (Å²) < 4.78 is 0. The maximum atomic E-state index is 12.6.